The first-order chi connectivity index (χ1) is 11.3. The first-order valence-corrected chi connectivity index (χ1v) is 7.11. The van der Waals surface area contributed by atoms with Gasteiger partial charge >= 0.3 is 18.3 Å². The summed E-state index contributed by atoms with van der Waals surface area (Å²) in [6, 6.07) is 5.66. The monoisotopic (exact) mass is 347 g/mol. The van der Waals surface area contributed by atoms with Gasteiger partial charge in [0.2, 0.25) is 0 Å². The molecule has 0 radical (unpaired) electrons. The van der Waals surface area contributed by atoms with Crippen molar-refractivity contribution in [3.05, 3.63) is 24.3 Å². The number of halogens is 3. The number of nitrogens with one attached hydrogen (secondary N) is 2. The minimum atomic E-state index is -4.71. The van der Waals surface area contributed by atoms with E-state index in [1.165, 1.54) is 11.0 Å². The van der Waals surface area contributed by atoms with Crippen molar-refractivity contribution in [2.45, 2.75) is 18.7 Å². The van der Waals surface area contributed by atoms with Crippen LogP contribution in [0.3, 0.4) is 0 Å². The van der Waals surface area contributed by atoms with E-state index in [1.807, 2.05) is 0 Å². The number of hydrogen-bond acceptors (Lipinski definition) is 4. The van der Waals surface area contributed by atoms with E-state index in [2.05, 4.69) is 10.6 Å². The molecule has 2 rings (SSSR count). The molecule has 1 fully saturated rings. The molecule has 1 aliphatic heterocycles. The number of alkyl halides is 3. The number of rotatable bonds is 5. The highest BCUT2D eigenvalue weighted by atomic mass is 19.4. The first-order valence-electron chi connectivity index (χ1n) is 7.11. The van der Waals surface area contributed by atoms with Gasteiger partial charge in [0.05, 0.1) is 6.54 Å². The van der Waals surface area contributed by atoms with Gasteiger partial charge in [0.25, 0.3) is 0 Å². The molecule has 1 atom stereocenters. The number of carbonyl (C=O) groups is 2. The molecule has 3 amide bonds. The number of aliphatic hydroxyl groups is 1. The van der Waals surface area contributed by atoms with Gasteiger partial charge in [0.15, 0.2) is 6.10 Å². The Morgan fingerprint density at radius 2 is 2.17 bits per heavy atom. The highest BCUT2D eigenvalue weighted by Gasteiger charge is 2.37. The van der Waals surface area contributed by atoms with Gasteiger partial charge in [0.1, 0.15) is 6.61 Å². The second kappa shape index (κ2) is 7.39. The van der Waals surface area contributed by atoms with E-state index in [9.17, 15) is 22.8 Å². The molecule has 0 aromatic heterocycles. The zero-order valence-corrected chi connectivity index (χ0v) is 12.5. The topological polar surface area (TPSA) is 90.9 Å². The van der Waals surface area contributed by atoms with Gasteiger partial charge in [-0.25, -0.2) is 9.59 Å². The summed E-state index contributed by atoms with van der Waals surface area (Å²) < 4.78 is 41.2. The Hall–Kier alpha value is -2.49. The van der Waals surface area contributed by atoms with Crippen LogP contribution in [0, 0.1) is 0 Å². The molecule has 1 heterocycles. The number of carbonyl (C=O) groups excluding carboxylic acids is 2. The number of anilines is 2. The number of ether oxygens (including phenoxy) is 1. The van der Waals surface area contributed by atoms with Crippen LogP contribution < -0.4 is 15.5 Å². The molecular weight excluding hydrogens is 331 g/mol. The molecule has 1 saturated heterocycles. The average Bonchev–Trinajstić information content (AvgIpc) is 2.92. The maximum atomic E-state index is 12.1. The van der Waals surface area contributed by atoms with Crippen molar-refractivity contribution >= 4 is 23.5 Å². The lowest BCUT2D eigenvalue weighted by Crippen LogP contribution is -2.35. The molecule has 0 unspecified atom stereocenters. The van der Waals surface area contributed by atoms with Crippen molar-refractivity contribution in [2.24, 2.45) is 0 Å². The summed E-state index contributed by atoms with van der Waals surface area (Å²) in [5, 5.41) is 13.5. The average molecular weight is 347 g/mol. The lowest BCUT2D eigenvalue weighted by atomic mass is 10.2. The van der Waals surface area contributed by atoms with Crippen molar-refractivity contribution in [2.75, 3.05) is 29.9 Å². The highest BCUT2D eigenvalue weighted by molar-refractivity contribution is 5.93. The smallest absolute Gasteiger partial charge is 0.414 e. The number of urea groups is 1. The number of nitrogens with zero attached hydrogens (tertiary/aromatic N) is 1. The van der Waals surface area contributed by atoms with E-state index < -0.39 is 30.8 Å². The van der Waals surface area contributed by atoms with E-state index in [1.54, 1.807) is 18.2 Å². The molecule has 1 aliphatic rings. The summed E-state index contributed by atoms with van der Waals surface area (Å²) in [7, 11) is 0. The fourth-order valence-electron chi connectivity index (χ4n) is 2.04. The Kier molecular flexibility index (Phi) is 5.50. The summed E-state index contributed by atoms with van der Waals surface area (Å²) >= 11 is 0. The number of benzene rings is 1. The SMILES string of the molecule is O=C(NCC[C@@H](O)C(F)(F)F)Nc1cccc(N2CCOC2=O)c1. The number of amides is 3. The maximum Gasteiger partial charge on any atom is 0.414 e. The highest BCUT2D eigenvalue weighted by Crippen LogP contribution is 2.23. The minimum Gasteiger partial charge on any atom is -0.447 e. The van der Waals surface area contributed by atoms with Crippen LogP contribution in [-0.2, 0) is 4.74 Å². The van der Waals surface area contributed by atoms with E-state index >= 15 is 0 Å². The third kappa shape index (κ3) is 4.75. The molecule has 0 aliphatic carbocycles. The van der Waals surface area contributed by atoms with Gasteiger partial charge in [-0.2, -0.15) is 13.2 Å². The molecule has 0 bridgehead atoms. The standard InChI is InChI=1S/C14H16F3N3O4/c15-14(16,17)11(21)4-5-18-12(22)19-9-2-1-3-10(8-9)20-6-7-24-13(20)23/h1-3,8,11,21H,4-7H2,(H2,18,19,22)/t11-/m1/s1. The van der Waals surface area contributed by atoms with E-state index in [4.69, 9.17) is 9.84 Å². The summed E-state index contributed by atoms with van der Waals surface area (Å²) in [5.41, 5.74) is 0.892. The first kappa shape index (κ1) is 17.9. The van der Waals surface area contributed by atoms with Crippen LogP contribution in [-0.4, -0.2) is 49.2 Å². The van der Waals surface area contributed by atoms with Crippen molar-refractivity contribution < 1.29 is 32.6 Å². The van der Waals surface area contributed by atoms with Gasteiger partial charge < -0.3 is 20.5 Å². The molecule has 3 N–H and O–H groups in total. The van der Waals surface area contributed by atoms with Gasteiger partial charge in [-0.05, 0) is 24.6 Å². The summed E-state index contributed by atoms with van der Waals surface area (Å²) in [6.07, 6.45) is -8.33. The number of hydrogen-bond donors (Lipinski definition) is 3. The molecule has 1 aromatic carbocycles. The second-order valence-electron chi connectivity index (χ2n) is 5.04. The molecule has 1 aromatic rings. The molecule has 132 valence electrons. The van der Waals surface area contributed by atoms with E-state index in [-0.39, 0.29) is 13.2 Å². The van der Waals surface area contributed by atoms with Gasteiger partial charge in [-0.1, -0.05) is 6.07 Å². The van der Waals surface area contributed by atoms with Crippen LogP contribution in [0.25, 0.3) is 0 Å². The zero-order valence-electron chi connectivity index (χ0n) is 12.5. The summed E-state index contributed by atoms with van der Waals surface area (Å²) in [5.74, 6) is 0. The Morgan fingerprint density at radius 3 is 2.79 bits per heavy atom. The predicted molar refractivity (Wildman–Crippen MR) is 78.8 cm³/mol. The summed E-state index contributed by atoms with van der Waals surface area (Å²) in [6.45, 7) is 0.326. The lowest BCUT2D eigenvalue weighted by molar-refractivity contribution is -0.204. The number of cyclic esters (lactones) is 1. The minimum absolute atomic E-state index is 0.276. The molecule has 0 saturated carbocycles. The van der Waals surface area contributed by atoms with Gasteiger partial charge in [-0.3, -0.25) is 4.90 Å². The summed E-state index contributed by atoms with van der Waals surface area (Å²) in [4.78, 5) is 24.5. The number of aliphatic hydroxyl groups excluding tert-OH is 1. The van der Waals surface area contributed by atoms with Crippen LogP contribution in [0.1, 0.15) is 6.42 Å². The fourth-order valence-corrected chi connectivity index (χ4v) is 2.04. The van der Waals surface area contributed by atoms with Crippen LogP contribution >= 0.6 is 0 Å². The molecule has 7 nitrogen and oxygen atoms in total. The Morgan fingerprint density at radius 1 is 1.42 bits per heavy atom. The quantitative estimate of drug-likeness (QED) is 0.761. The molecule has 24 heavy (non-hydrogen) atoms. The van der Waals surface area contributed by atoms with Crippen LogP contribution in [0.15, 0.2) is 24.3 Å². The normalized spacial score (nSPS) is 15.8. The van der Waals surface area contributed by atoms with Crippen LogP contribution in [0.4, 0.5) is 34.1 Å². The third-order valence-electron chi connectivity index (χ3n) is 3.26. The van der Waals surface area contributed by atoms with Crippen molar-refractivity contribution in [3.8, 4) is 0 Å². The lowest BCUT2D eigenvalue weighted by Gasteiger charge is -2.16. The Labute approximate surface area is 135 Å². The van der Waals surface area contributed by atoms with Crippen LogP contribution in [0.5, 0.6) is 0 Å². The second-order valence-corrected chi connectivity index (χ2v) is 5.04. The predicted octanol–water partition coefficient (Wildman–Crippen LogP) is 2.08. The molecule has 0 spiro atoms. The fraction of sp³-hybridized carbons (Fsp3) is 0.429. The van der Waals surface area contributed by atoms with E-state index in [0.717, 1.165) is 0 Å². The zero-order chi connectivity index (χ0) is 17.7. The van der Waals surface area contributed by atoms with Gasteiger partial charge in [0, 0.05) is 17.9 Å². The van der Waals surface area contributed by atoms with Crippen molar-refractivity contribution in [3.63, 3.8) is 0 Å². The van der Waals surface area contributed by atoms with Crippen molar-refractivity contribution in [1.82, 2.24) is 5.32 Å². The third-order valence-corrected chi connectivity index (χ3v) is 3.26. The molecular formula is C14H16F3N3O4. The maximum absolute atomic E-state index is 12.1. The largest absolute Gasteiger partial charge is 0.447 e. The molecule has 10 heteroatoms. The van der Waals surface area contributed by atoms with Crippen LogP contribution in [0.2, 0.25) is 0 Å². The Bertz CT molecular complexity index is 609. The van der Waals surface area contributed by atoms with Crippen molar-refractivity contribution in [1.29, 1.82) is 0 Å². The van der Waals surface area contributed by atoms with Gasteiger partial charge in [-0.15, -0.1) is 0 Å². The van der Waals surface area contributed by atoms with E-state index in [0.29, 0.717) is 17.9 Å². The Balaban J connectivity index is 1.85.